The number of ether oxygens (including phenoxy) is 1. The lowest BCUT2D eigenvalue weighted by atomic mass is 10.0. The molecule has 1 aromatic carbocycles. The molecule has 3 amide bonds. The molecule has 2 rings (SSSR count). The van der Waals surface area contributed by atoms with Crippen LogP contribution in [0.4, 0.5) is 10.2 Å². The monoisotopic (exact) mass is 472 g/mol. The third kappa shape index (κ3) is 8.90. The van der Waals surface area contributed by atoms with Crippen molar-refractivity contribution in [1.29, 1.82) is 0 Å². The van der Waals surface area contributed by atoms with Crippen LogP contribution in [0.1, 0.15) is 44.7 Å². The number of hydrogen-bond acceptors (Lipinski definition) is 5. The molecule has 8 nitrogen and oxygen atoms in total. The highest BCUT2D eigenvalue weighted by atomic mass is 19.1. The van der Waals surface area contributed by atoms with E-state index in [0.29, 0.717) is 23.8 Å². The smallest absolute Gasteiger partial charge is 0.247 e. The summed E-state index contributed by atoms with van der Waals surface area (Å²) in [4.78, 5) is 44.1. The van der Waals surface area contributed by atoms with Crippen LogP contribution in [0.2, 0.25) is 0 Å². The van der Waals surface area contributed by atoms with Crippen LogP contribution in [-0.2, 0) is 19.1 Å². The van der Waals surface area contributed by atoms with Gasteiger partial charge in [-0.05, 0) is 42.2 Å². The van der Waals surface area contributed by atoms with E-state index in [1.807, 2.05) is 13.8 Å². The summed E-state index contributed by atoms with van der Waals surface area (Å²) in [7, 11) is 1.50. The van der Waals surface area contributed by atoms with Gasteiger partial charge in [0.15, 0.2) is 0 Å². The van der Waals surface area contributed by atoms with Crippen molar-refractivity contribution >= 4 is 23.5 Å². The molecule has 0 spiro atoms. The highest BCUT2D eigenvalue weighted by Crippen LogP contribution is 2.23. The summed E-state index contributed by atoms with van der Waals surface area (Å²) in [5.41, 5.74) is 0.478. The number of aromatic nitrogens is 1. The molecule has 1 heterocycles. The molecule has 0 bridgehead atoms. The molecule has 0 saturated heterocycles. The third-order valence-electron chi connectivity index (χ3n) is 5.12. The maximum atomic E-state index is 13.5. The summed E-state index contributed by atoms with van der Waals surface area (Å²) >= 11 is 0. The van der Waals surface area contributed by atoms with Crippen LogP contribution in [0.5, 0.6) is 0 Å². The van der Waals surface area contributed by atoms with E-state index in [9.17, 15) is 18.8 Å². The van der Waals surface area contributed by atoms with Crippen molar-refractivity contribution in [2.45, 2.75) is 39.2 Å². The van der Waals surface area contributed by atoms with Crippen molar-refractivity contribution in [3.63, 3.8) is 0 Å². The Morgan fingerprint density at radius 3 is 2.44 bits per heavy atom. The summed E-state index contributed by atoms with van der Waals surface area (Å²) in [5, 5.41) is 5.52. The van der Waals surface area contributed by atoms with Gasteiger partial charge in [0, 0.05) is 39.2 Å². The SMILES string of the molecule is COCCN(C(=O)CCC(=O)Nc1ccccn1)[C@@H](C(=O)NCCC(C)C)c1ccc(F)cc1. The van der Waals surface area contributed by atoms with Crippen LogP contribution in [-0.4, -0.2) is 54.4 Å². The molecular weight excluding hydrogens is 439 g/mol. The van der Waals surface area contributed by atoms with E-state index < -0.39 is 11.9 Å². The van der Waals surface area contributed by atoms with Gasteiger partial charge in [0.05, 0.1) is 6.61 Å². The molecule has 34 heavy (non-hydrogen) atoms. The zero-order valence-corrected chi connectivity index (χ0v) is 19.9. The molecule has 0 fully saturated rings. The van der Waals surface area contributed by atoms with Crippen molar-refractivity contribution in [2.24, 2.45) is 5.92 Å². The van der Waals surface area contributed by atoms with Crippen LogP contribution < -0.4 is 10.6 Å². The number of pyridine rings is 1. The van der Waals surface area contributed by atoms with E-state index in [1.165, 1.54) is 36.3 Å². The second-order valence-electron chi connectivity index (χ2n) is 8.27. The Balaban J connectivity index is 2.18. The molecule has 0 unspecified atom stereocenters. The Kier molecular flexibility index (Phi) is 11.1. The number of carbonyl (C=O) groups excluding carboxylic acids is 3. The van der Waals surface area contributed by atoms with Crippen LogP contribution in [0.15, 0.2) is 48.7 Å². The fourth-order valence-electron chi connectivity index (χ4n) is 3.29. The minimum Gasteiger partial charge on any atom is -0.383 e. The fraction of sp³-hybridized carbons (Fsp3) is 0.440. The maximum absolute atomic E-state index is 13.5. The molecule has 2 aromatic rings. The predicted molar refractivity (Wildman–Crippen MR) is 127 cm³/mol. The first-order valence-electron chi connectivity index (χ1n) is 11.3. The summed E-state index contributed by atoms with van der Waals surface area (Å²) in [6, 6.07) is 9.63. The number of nitrogens with zero attached hydrogens (tertiary/aromatic N) is 2. The van der Waals surface area contributed by atoms with E-state index in [1.54, 1.807) is 24.4 Å². The quantitative estimate of drug-likeness (QED) is 0.466. The normalized spacial score (nSPS) is 11.7. The standard InChI is InChI=1S/C25H33FN4O4/c1-18(2)13-15-28-25(33)24(19-7-9-20(26)10-8-19)30(16-17-34-3)23(32)12-11-22(31)29-21-6-4-5-14-27-21/h4-10,14,18,24H,11-13,15-17H2,1-3H3,(H,28,33)(H,27,29,31)/t24-/m1/s1. The Bertz CT molecular complexity index is 922. The molecule has 0 radical (unpaired) electrons. The second-order valence-corrected chi connectivity index (χ2v) is 8.27. The lowest BCUT2D eigenvalue weighted by molar-refractivity contribution is -0.142. The molecule has 9 heteroatoms. The average Bonchev–Trinajstić information content (AvgIpc) is 2.81. The molecule has 0 aliphatic rings. The highest BCUT2D eigenvalue weighted by Gasteiger charge is 2.31. The number of halogens is 1. The number of rotatable bonds is 13. The van der Waals surface area contributed by atoms with Gasteiger partial charge in [0.1, 0.15) is 17.7 Å². The Morgan fingerprint density at radius 2 is 1.82 bits per heavy atom. The van der Waals surface area contributed by atoms with Crippen molar-refractivity contribution < 1.29 is 23.5 Å². The van der Waals surface area contributed by atoms with Crippen molar-refractivity contribution in [2.75, 3.05) is 32.1 Å². The average molecular weight is 473 g/mol. The molecule has 2 N–H and O–H groups in total. The summed E-state index contributed by atoms with van der Waals surface area (Å²) in [6.45, 7) is 4.88. The van der Waals surface area contributed by atoms with E-state index >= 15 is 0 Å². The molecular formula is C25H33FN4O4. The number of hydrogen-bond donors (Lipinski definition) is 2. The molecule has 184 valence electrons. The van der Waals surface area contributed by atoms with Gasteiger partial charge in [0.25, 0.3) is 0 Å². The number of benzene rings is 1. The largest absolute Gasteiger partial charge is 0.383 e. The summed E-state index contributed by atoms with van der Waals surface area (Å²) in [6.07, 6.45) is 2.14. The molecule has 1 aromatic heterocycles. The van der Waals surface area contributed by atoms with E-state index in [4.69, 9.17) is 4.74 Å². The van der Waals surface area contributed by atoms with Crippen molar-refractivity contribution in [1.82, 2.24) is 15.2 Å². The Morgan fingerprint density at radius 1 is 1.09 bits per heavy atom. The third-order valence-corrected chi connectivity index (χ3v) is 5.12. The van der Waals surface area contributed by atoms with Gasteiger partial charge >= 0.3 is 0 Å². The summed E-state index contributed by atoms with van der Waals surface area (Å²) < 4.78 is 18.7. The number of carbonyl (C=O) groups is 3. The van der Waals surface area contributed by atoms with Crippen LogP contribution >= 0.6 is 0 Å². The van der Waals surface area contributed by atoms with Gasteiger partial charge in [0.2, 0.25) is 17.7 Å². The van der Waals surface area contributed by atoms with Gasteiger partial charge in [-0.3, -0.25) is 14.4 Å². The van der Waals surface area contributed by atoms with E-state index in [2.05, 4.69) is 15.6 Å². The zero-order valence-electron chi connectivity index (χ0n) is 19.9. The molecule has 1 atom stereocenters. The Hall–Kier alpha value is -3.33. The Labute approximate surface area is 199 Å². The second kappa shape index (κ2) is 14.0. The first-order valence-corrected chi connectivity index (χ1v) is 11.3. The first kappa shape index (κ1) is 26.9. The minimum absolute atomic E-state index is 0.0794. The lowest BCUT2D eigenvalue weighted by Gasteiger charge is -2.31. The van der Waals surface area contributed by atoms with Crippen molar-refractivity contribution in [3.05, 3.63) is 60.0 Å². The molecule has 0 saturated carbocycles. The van der Waals surface area contributed by atoms with Gasteiger partial charge in [-0.2, -0.15) is 0 Å². The number of anilines is 1. The zero-order chi connectivity index (χ0) is 24.9. The topological polar surface area (TPSA) is 101 Å². The van der Waals surface area contributed by atoms with E-state index in [-0.39, 0.29) is 43.7 Å². The number of amides is 3. The molecule has 0 aliphatic heterocycles. The number of nitrogens with one attached hydrogen (secondary N) is 2. The van der Waals surface area contributed by atoms with E-state index in [0.717, 1.165) is 6.42 Å². The minimum atomic E-state index is -0.978. The van der Waals surface area contributed by atoms with Crippen molar-refractivity contribution in [3.8, 4) is 0 Å². The highest BCUT2D eigenvalue weighted by molar-refractivity contribution is 5.94. The van der Waals surface area contributed by atoms with Crippen LogP contribution in [0.25, 0.3) is 0 Å². The summed E-state index contributed by atoms with van der Waals surface area (Å²) in [5.74, 6) is -0.767. The lowest BCUT2D eigenvalue weighted by Crippen LogP contribution is -2.45. The van der Waals surface area contributed by atoms with Gasteiger partial charge in [-0.1, -0.05) is 32.0 Å². The number of methoxy groups -OCH3 is 1. The fourth-order valence-corrected chi connectivity index (χ4v) is 3.29. The van der Waals surface area contributed by atoms with Crippen LogP contribution in [0.3, 0.4) is 0 Å². The van der Waals surface area contributed by atoms with Gasteiger partial charge < -0.3 is 20.3 Å². The first-order chi connectivity index (χ1) is 16.3. The maximum Gasteiger partial charge on any atom is 0.247 e. The predicted octanol–water partition coefficient (Wildman–Crippen LogP) is 3.32. The van der Waals surface area contributed by atoms with Gasteiger partial charge in [-0.15, -0.1) is 0 Å². The van der Waals surface area contributed by atoms with Gasteiger partial charge in [-0.25, -0.2) is 9.37 Å². The van der Waals surface area contributed by atoms with Crippen LogP contribution in [0, 0.1) is 11.7 Å². The molecule has 0 aliphatic carbocycles.